The van der Waals surface area contributed by atoms with Crippen LogP contribution in [-0.2, 0) is 0 Å². The SMILES string of the molecule is C/C=C(CC(CN)NC)\C(=C/C)C(F)(F)F. The van der Waals surface area contributed by atoms with Crippen LogP contribution in [-0.4, -0.2) is 25.8 Å². The molecule has 0 amide bonds. The van der Waals surface area contributed by atoms with E-state index in [0.29, 0.717) is 6.54 Å². The average molecular weight is 236 g/mol. The standard InChI is InChI=1S/C11H19F3N2/c1-4-8(6-9(7-15)16-3)10(5-2)11(12,13)14/h4-5,9,16H,6-7,15H2,1-3H3/b8-4-,10-5+. The minimum Gasteiger partial charge on any atom is -0.329 e. The third-order valence-electron chi connectivity index (χ3n) is 2.45. The van der Waals surface area contributed by atoms with Crippen molar-refractivity contribution in [3.63, 3.8) is 0 Å². The molecule has 0 radical (unpaired) electrons. The molecule has 0 saturated carbocycles. The van der Waals surface area contributed by atoms with E-state index in [-0.39, 0.29) is 18.0 Å². The summed E-state index contributed by atoms with van der Waals surface area (Å²) in [6, 6.07) is -0.136. The highest BCUT2D eigenvalue weighted by molar-refractivity contribution is 5.34. The molecule has 0 aromatic heterocycles. The van der Waals surface area contributed by atoms with Crippen molar-refractivity contribution in [1.82, 2.24) is 5.32 Å². The summed E-state index contributed by atoms with van der Waals surface area (Å²) in [4.78, 5) is 0. The van der Waals surface area contributed by atoms with Crippen LogP contribution < -0.4 is 11.1 Å². The normalized spacial score (nSPS) is 16.4. The van der Waals surface area contributed by atoms with Crippen molar-refractivity contribution in [1.29, 1.82) is 0 Å². The molecule has 0 aliphatic carbocycles. The average Bonchev–Trinajstić information content (AvgIpc) is 2.22. The molecule has 0 aliphatic rings. The van der Waals surface area contributed by atoms with Crippen LogP contribution in [0, 0.1) is 0 Å². The third kappa shape index (κ3) is 4.37. The van der Waals surface area contributed by atoms with Crippen LogP contribution in [0.4, 0.5) is 13.2 Å². The Labute approximate surface area is 94.4 Å². The van der Waals surface area contributed by atoms with Gasteiger partial charge in [0.05, 0.1) is 5.57 Å². The molecule has 0 aromatic carbocycles. The Kier molecular flexibility index (Phi) is 6.36. The second-order valence-electron chi connectivity index (χ2n) is 3.44. The topological polar surface area (TPSA) is 38.0 Å². The summed E-state index contributed by atoms with van der Waals surface area (Å²) in [7, 11) is 1.69. The lowest BCUT2D eigenvalue weighted by molar-refractivity contribution is -0.0897. The number of alkyl halides is 3. The molecule has 16 heavy (non-hydrogen) atoms. The van der Waals surface area contributed by atoms with E-state index in [9.17, 15) is 13.2 Å². The summed E-state index contributed by atoms with van der Waals surface area (Å²) in [6.45, 7) is 3.31. The van der Waals surface area contributed by atoms with Crippen molar-refractivity contribution in [2.24, 2.45) is 5.73 Å². The molecular weight excluding hydrogens is 217 g/mol. The van der Waals surface area contributed by atoms with Gasteiger partial charge in [-0.1, -0.05) is 12.2 Å². The Hall–Kier alpha value is -0.810. The van der Waals surface area contributed by atoms with Crippen LogP contribution in [0.5, 0.6) is 0 Å². The minimum absolute atomic E-state index is 0.136. The van der Waals surface area contributed by atoms with E-state index in [0.717, 1.165) is 6.08 Å². The zero-order valence-corrected chi connectivity index (χ0v) is 9.86. The van der Waals surface area contributed by atoms with Crippen molar-refractivity contribution in [3.05, 3.63) is 23.3 Å². The molecule has 0 saturated heterocycles. The Bertz CT molecular complexity index is 263. The lowest BCUT2D eigenvalue weighted by atomic mass is 9.97. The van der Waals surface area contributed by atoms with Crippen molar-refractivity contribution in [2.45, 2.75) is 32.5 Å². The second kappa shape index (κ2) is 6.70. The van der Waals surface area contributed by atoms with Crippen LogP contribution in [0.1, 0.15) is 20.3 Å². The van der Waals surface area contributed by atoms with Crippen LogP contribution in [0.15, 0.2) is 23.3 Å². The largest absolute Gasteiger partial charge is 0.416 e. The zero-order valence-electron chi connectivity index (χ0n) is 9.86. The van der Waals surface area contributed by atoms with E-state index in [1.54, 1.807) is 14.0 Å². The van der Waals surface area contributed by atoms with Gasteiger partial charge in [0.1, 0.15) is 0 Å². The van der Waals surface area contributed by atoms with Crippen molar-refractivity contribution in [3.8, 4) is 0 Å². The molecule has 0 spiro atoms. The highest BCUT2D eigenvalue weighted by Crippen LogP contribution is 2.33. The Morgan fingerprint density at radius 2 is 1.88 bits per heavy atom. The molecule has 3 N–H and O–H groups in total. The lowest BCUT2D eigenvalue weighted by Crippen LogP contribution is -2.34. The first-order valence-corrected chi connectivity index (χ1v) is 5.17. The number of likely N-dealkylation sites (N-methyl/N-ethyl adjacent to an activating group) is 1. The number of hydrogen-bond acceptors (Lipinski definition) is 2. The van der Waals surface area contributed by atoms with Crippen LogP contribution in [0.25, 0.3) is 0 Å². The van der Waals surface area contributed by atoms with Crippen LogP contribution in [0.3, 0.4) is 0 Å². The molecule has 94 valence electrons. The monoisotopic (exact) mass is 236 g/mol. The molecule has 0 aliphatic heterocycles. The highest BCUT2D eigenvalue weighted by atomic mass is 19.4. The fraction of sp³-hybridized carbons (Fsp3) is 0.636. The Morgan fingerprint density at radius 1 is 1.31 bits per heavy atom. The first kappa shape index (κ1) is 15.2. The van der Waals surface area contributed by atoms with Gasteiger partial charge in [-0.2, -0.15) is 13.2 Å². The first-order valence-electron chi connectivity index (χ1n) is 5.17. The molecule has 1 atom stereocenters. The predicted octanol–water partition coefficient (Wildman–Crippen LogP) is 2.38. The molecular formula is C11H19F3N2. The van der Waals surface area contributed by atoms with Gasteiger partial charge in [-0.15, -0.1) is 0 Å². The van der Waals surface area contributed by atoms with E-state index in [4.69, 9.17) is 5.73 Å². The summed E-state index contributed by atoms with van der Waals surface area (Å²) >= 11 is 0. The summed E-state index contributed by atoms with van der Waals surface area (Å²) in [5.74, 6) is 0. The predicted molar refractivity (Wildman–Crippen MR) is 60.1 cm³/mol. The smallest absolute Gasteiger partial charge is 0.329 e. The van der Waals surface area contributed by atoms with Crippen molar-refractivity contribution in [2.75, 3.05) is 13.6 Å². The molecule has 2 nitrogen and oxygen atoms in total. The highest BCUT2D eigenvalue weighted by Gasteiger charge is 2.35. The number of nitrogens with one attached hydrogen (secondary N) is 1. The third-order valence-corrected chi connectivity index (χ3v) is 2.45. The van der Waals surface area contributed by atoms with E-state index >= 15 is 0 Å². The van der Waals surface area contributed by atoms with Crippen molar-refractivity contribution >= 4 is 0 Å². The number of nitrogens with two attached hydrogens (primary N) is 1. The van der Waals surface area contributed by atoms with Gasteiger partial charge in [0.2, 0.25) is 0 Å². The van der Waals surface area contributed by atoms with Gasteiger partial charge in [0.25, 0.3) is 0 Å². The molecule has 0 fully saturated rings. The molecule has 0 heterocycles. The van der Waals surface area contributed by atoms with E-state index < -0.39 is 11.7 Å². The van der Waals surface area contributed by atoms with E-state index in [2.05, 4.69) is 5.32 Å². The fourth-order valence-electron chi connectivity index (χ4n) is 1.48. The summed E-state index contributed by atoms with van der Waals surface area (Å²) < 4.78 is 38.0. The van der Waals surface area contributed by atoms with Gasteiger partial charge in [-0.3, -0.25) is 0 Å². The molecule has 0 rings (SSSR count). The fourth-order valence-corrected chi connectivity index (χ4v) is 1.48. The number of hydrogen-bond donors (Lipinski definition) is 2. The van der Waals surface area contributed by atoms with Crippen LogP contribution >= 0.6 is 0 Å². The maximum absolute atomic E-state index is 12.7. The number of rotatable bonds is 5. The quantitative estimate of drug-likeness (QED) is 0.719. The zero-order chi connectivity index (χ0) is 12.8. The molecule has 1 unspecified atom stereocenters. The molecule has 0 bridgehead atoms. The first-order chi connectivity index (χ1) is 7.40. The number of allylic oxidation sites excluding steroid dienone is 3. The summed E-state index contributed by atoms with van der Waals surface area (Å²) in [6.07, 6.45) is -1.44. The van der Waals surface area contributed by atoms with Gasteiger partial charge >= 0.3 is 6.18 Å². The van der Waals surface area contributed by atoms with Gasteiger partial charge < -0.3 is 11.1 Å². The summed E-state index contributed by atoms with van der Waals surface area (Å²) in [5, 5.41) is 2.89. The maximum Gasteiger partial charge on any atom is 0.416 e. The van der Waals surface area contributed by atoms with Gasteiger partial charge in [0.15, 0.2) is 0 Å². The minimum atomic E-state index is -4.30. The Balaban J connectivity index is 4.88. The molecule has 5 heteroatoms. The lowest BCUT2D eigenvalue weighted by Gasteiger charge is -2.19. The van der Waals surface area contributed by atoms with E-state index in [1.165, 1.54) is 13.0 Å². The van der Waals surface area contributed by atoms with Gasteiger partial charge in [0, 0.05) is 12.6 Å². The van der Waals surface area contributed by atoms with Crippen LogP contribution in [0.2, 0.25) is 0 Å². The van der Waals surface area contributed by atoms with E-state index in [1.807, 2.05) is 0 Å². The maximum atomic E-state index is 12.7. The molecule has 0 aromatic rings. The summed E-state index contributed by atoms with van der Waals surface area (Å²) in [5.41, 5.74) is 5.14. The Morgan fingerprint density at radius 3 is 2.12 bits per heavy atom. The van der Waals surface area contributed by atoms with Gasteiger partial charge in [-0.25, -0.2) is 0 Å². The van der Waals surface area contributed by atoms with Crippen molar-refractivity contribution < 1.29 is 13.2 Å². The second-order valence-corrected chi connectivity index (χ2v) is 3.44. The number of halogens is 3. The van der Waals surface area contributed by atoms with Gasteiger partial charge in [-0.05, 0) is 32.9 Å².